The molecule has 1 aliphatic rings. The molecule has 0 radical (unpaired) electrons. The molecule has 0 aromatic carbocycles. The van der Waals surface area contributed by atoms with Crippen LogP contribution in [-0.4, -0.2) is 22.1 Å². The second-order valence-electron chi connectivity index (χ2n) is 6.66. The summed E-state index contributed by atoms with van der Waals surface area (Å²) in [7, 11) is 0. The summed E-state index contributed by atoms with van der Waals surface area (Å²) in [5.41, 5.74) is 1.22. The van der Waals surface area contributed by atoms with Crippen LogP contribution in [0.15, 0.2) is 5.38 Å². The molecule has 0 aliphatic heterocycles. The zero-order chi connectivity index (χ0) is 14.8. The number of carboxylic acids is 1. The molecule has 0 saturated heterocycles. The summed E-state index contributed by atoms with van der Waals surface area (Å²) >= 11 is 1.68. The fraction of sp³-hybridized carbons (Fsp3) is 0.733. The SMILES string of the molecule is CC(C)(C)c1csc(CNC2CCCC(C(=O)O)C2)n1. The van der Waals surface area contributed by atoms with Gasteiger partial charge in [0.15, 0.2) is 0 Å². The van der Waals surface area contributed by atoms with E-state index in [0.29, 0.717) is 6.04 Å². The van der Waals surface area contributed by atoms with Crippen LogP contribution in [0.4, 0.5) is 0 Å². The third-order valence-corrected chi connectivity index (χ3v) is 4.73. The third-order valence-electron chi connectivity index (χ3n) is 3.89. The Balaban J connectivity index is 1.86. The average Bonchev–Trinajstić information content (AvgIpc) is 2.85. The van der Waals surface area contributed by atoms with Crippen molar-refractivity contribution >= 4 is 17.3 Å². The molecule has 5 heteroatoms. The molecule has 1 aromatic rings. The van der Waals surface area contributed by atoms with E-state index < -0.39 is 5.97 Å². The number of thiazole rings is 1. The minimum Gasteiger partial charge on any atom is -0.481 e. The van der Waals surface area contributed by atoms with Crippen LogP contribution in [0, 0.1) is 5.92 Å². The maximum absolute atomic E-state index is 11.0. The predicted molar refractivity (Wildman–Crippen MR) is 81.0 cm³/mol. The van der Waals surface area contributed by atoms with Crippen molar-refractivity contribution in [1.82, 2.24) is 10.3 Å². The molecule has 2 unspecified atom stereocenters. The molecule has 4 nitrogen and oxygen atoms in total. The molecule has 0 bridgehead atoms. The van der Waals surface area contributed by atoms with Gasteiger partial charge >= 0.3 is 5.97 Å². The lowest BCUT2D eigenvalue weighted by Gasteiger charge is -2.27. The van der Waals surface area contributed by atoms with Crippen molar-refractivity contribution in [3.05, 3.63) is 16.1 Å². The van der Waals surface area contributed by atoms with Crippen LogP contribution in [0.25, 0.3) is 0 Å². The Bertz CT molecular complexity index is 465. The number of carboxylic acid groups (broad SMARTS) is 1. The first-order chi connectivity index (χ1) is 9.36. The van der Waals surface area contributed by atoms with Crippen LogP contribution >= 0.6 is 11.3 Å². The normalized spacial score (nSPS) is 23.8. The lowest BCUT2D eigenvalue weighted by atomic mass is 9.86. The summed E-state index contributed by atoms with van der Waals surface area (Å²) in [5, 5.41) is 15.8. The number of rotatable bonds is 4. The number of aliphatic carboxylic acids is 1. The van der Waals surface area contributed by atoms with Crippen molar-refractivity contribution in [2.75, 3.05) is 0 Å². The smallest absolute Gasteiger partial charge is 0.306 e. The highest BCUT2D eigenvalue weighted by atomic mass is 32.1. The zero-order valence-corrected chi connectivity index (χ0v) is 13.3. The molecule has 1 aliphatic carbocycles. The minimum atomic E-state index is -0.652. The Morgan fingerprint density at radius 2 is 2.25 bits per heavy atom. The van der Waals surface area contributed by atoms with Crippen molar-refractivity contribution < 1.29 is 9.90 Å². The van der Waals surface area contributed by atoms with E-state index in [-0.39, 0.29) is 11.3 Å². The second-order valence-corrected chi connectivity index (χ2v) is 7.60. The average molecular weight is 296 g/mol. The summed E-state index contributed by atoms with van der Waals surface area (Å²) in [5.74, 6) is -0.830. The number of nitrogens with zero attached hydrogens (tertiary/aromatic N) is 1. The second kappa shape index (κ2) is 6.22. The molecule has 112 valence electrons. The van der Waals surface area contributed by atoms with Crippen LogP contribution in [0.5, 0.6) is 0 Å². The van der Waals surface area contributed by atoms with Gasteiger partial charge in [-0.25, -0.2) is 4.98 Å². The summed E-state index contributed by atoms with van der Waals surface area (Å²) < 4.78 is 0. The van der Waals surface area contributed by atoms with Crippen molar-refractivity contribution in [3.8, 4) is 0 Å². The lowest BCUT2D eigenvalue weighted by Crippen LogP contribution is -2.36. The van der Waals surface area contributed by atoms with Gasteiger partial charge < -0.3 is 10.4 Å². The van der Waals surface area contributed by atoms with Gasteiger partial charge in [0.2, 0.25) is 0 Å². The van der Waals surface area contributed by atoms with Crippen LogP contribution < -0.4 is 5.32 Å². The molecule has 0 amide bonds. The number of nitrogens with one attached hydrogen (secondary N) is 1. The van der Waals surface area contributed by atoms with Gasteiger partial charge in [0.05, 0.1) is 11.6 Å². The molecule has 20 heavy (non-hydrogen) atoms. The molecular weight excluding hydrogens is 272 g/mol. The highest BCUT2D eigenvalue weighted by Crippen LogP contribution is 2.26. The topological polar surface area (TPSA) is 62.2 Å². The first kappa shape index (κ1) is 15.4. The van der Waals surface area contributed by atoms with Gasteiger partial charge in [0, 0.05) is 23.4 Å². The molecule has 1 fully saturated rings. The van der Waals surface area contributed by atoms with Crippen molar-refractivity contribution in [1.29, 1.82) is 0 Å². The van der Waals surface area contributed by atoms with Crippen LogP contribution in [0.3, 0.4) is 0 Å². The lowest BCUT2D eigenvalue weighted by molar-refractivity contribution is -0.143. The standard InChI is InChI=1S/C15H24N2O2S/c1-15(2,3)12-9-20-13(17-12)8-16-11-6-4-5-10(7-11)14(18)19/h9-11,16H,4-8H2,1-3H3,(H,18,19). The van der Waals surface area contributed by atoms with Crippen molar-refractivity contribution in [2.24, 2.45) is 5.92 Å². The highest BCUT2D eigenvalue weighted by molar-refractivity contribution is 7.09. The molecule has 1 aromatic heterocycles. The van der Waals surface area contributed by atoms with Gasteiger partial charge in [-0.1, -0.05) is 27.2 Å². The Hall–Kier alpha value is -0.940. The number of hydrogen-bond acceptors (Lipinski definition) is 4. The Labute approximate surface area is 124 Å². The molecule has 1 saturated carbocycles. The number of hydrogen-bond donors (Lipinski definition) is 2. The summed E-state index contributed by atoms with van der Waals surface area (Å²) in [6.45, 7) is 7.24. The van der Waals surface area contributed by atoms with Gasteiger partial charge in [0.25, 0.3) is 0 Å². The minimum absolute atomic E-state index is 0.0913. The maximum atomic E-state index is 11.0. The summed E-state index contributed by atoms with van der Waals surface area (Å²) in [4.78, 5) is 15.7. The van der Waals surface area contributed by atoms with Crippen LogP contribution in [-0.2, 0) is 16.8 Å². The fourth-order valence-corrected chi connectivity index (χ4v) is 3.54. The van der Waals surface area contributed by atoms with E-state index in [1.807, 2.05) is 0 Å². The molecule has 1 heterocycles. The predicted octanol–water partition coefficient (Wildman–Crippen LogP) is 3.17. The Morgan fingerprint density at radius 3 is 2.85 bits per heavy atom. The molecular formula is C15H24N2O2S. The number of aromatic nitrogens is 1. The Morgan fingerprint density at radius 1 is 1.50 bits per heavy atom. The van der Waals surface area contributed by atoms with E-state index >= 15 is 0 Å². The third kappa shape index (κ3) is 4.03. The van der Waals surface area contributed by atoms with E-state index in [1.54, 1.807) is 11.3 Å². The van der Waals surface area contributed by atoms with E-state index in [2.05, 4.69) is 36.5 Å². The van der Waals surface area contributed by atoms with Crippen molar-refractivity contribution in [2.45, 2.75) is 64.5 Å². The van der Waals surface area contributed by atoms with E-state index in [0.717, 1.165) is 42.9 Å². The molecule has 2 rings (SSSR count). The monoisotopic (exact) mass is 296 g/mol. The number of carbonyl (C=O) groups is 1. The molecule has 0 spiro atoms. The summed E-state index contributed by atoms with van der Waals surface area (Å²) in [6.07, 6.45) is 3.63. The first-order valence-corrected chi connectivity index (χ1v) is 8.15. The quantitative estimate of drug-likeness (QED) is 0.896. The van der Waals surface area contributed by atoms with Crippen LogP contribution in [0.1, 0.15) is 57.2 Å². The molecule has 2 atom stereocenters. The van der Waals surface area contributed by atoms with Gasteiger partial charge in [-0.3, -0.25) is 4.79 Å². The van der Waals surface area contributed by atoms with E-state index in [4.69, 9.17) is 5.11 Å². The van der Waals surface area contributed by atoms with Crippen LogP contribution in [0.2, 0.25) is 0 Å². The zero-order valence-electron chi connectivity index (χ0n) is 12.5. The largest absolute Gasteiger partial charge is 0.481 e. The van der Waals surface area contributed by atoms with E-state index in [1.165, 1.54) is 0 Å². The maximum Gasteiger partial charge on any atom is 0.306 e. The van der Waals surface area contributed by atoms with Gasteiger partial charge in [0.1, 0.15) is 5.01 Å². The first-order valence-electron chi connectivity index (χ1n) is 7.27. The van der Waals surface area contributed by atoms with E-state index in [9.17, 15) is 4.79 Å². The Kier molecular flexibility index (Phi) is 4.81. The molecule has 2 N–H and O–H groups in total. The van der Waals surface area contributed by atoms with Gasteiger partial charge in [-0.05, 0) is 19.3 Å². The van der Waals surface area contributed by atoms with Gasteiger partial charge in [-0.2, -0.15) is 0 Å². The van der Waals surface area contributed by atoms with Gasteiger partial charge in [-0.15, -0.1) is 11.3 Å². The summed E-state index contributed by atoms with van der Waals surface area (Å²) in [6, 6.07) is 0.312. The van der Waals surface area contributed by atoms with Crippen molar-refractivity contribution in [3.63, 3.8) is 0 Å². The highest BCUT2D eigenvalue weighted by Gasteiger charge is 2.26. The fourth-order valence-electron chi connectivity index (χ4n) is 2.57.